The predicted molar refractivity (Wildman–Crippen MR) is 108 cm³/mol. The Bertz CT molecular complexity index is 941. The van der Waals surface area contributed by atoms with Crippen molar-refractivity contribution in [3.8, 4) is 17.0 Å². The largest absolute Gasteiger partial charge is 0.484 e. The van der Waals surface area contributed by atoms with Crippen molar-refractivity contribution in [1.29, 1.82) is 0 Å². The Hall–Kier alpha value is -3.48. The third-order valence-corrected chi connectivity index (χ3v) is 4.85. The van der Waals surface area contributed by atoms with Crippen LogP contribution in [0.4, 0.5) is 10.2 Å². The number of halogens is 1. The van der Waals surface area contributed by atoms with Gasteiger partial charge in [-0.3, -0.25) is 4.79 Å². The normalized spacial score (nSPS) is 14.0. The maximum atomic E-state index is 13.1. The number of carbonyl (C=O) groups excluding carboxylic acids is 1. The first-order valence-corrected chi connectivity index (χ1v) is 9.49. The first-order valence-electron chi connectivity index (χ1n) is 9.49. The van der Waals surface area contributed by atoms with E-state index in [-0.39, 0.29) is 18.3 Å². The van der Waals surface area contributed by atoms with Crippen molar-refractivity contribution in [2.24, 2.45) is 0 Å². The molecule has 1 amide bonds. The minimum absolute atomic E-state index is 0.0220. The van der Waals surface area contributed by atoms with Crippen molar-refractivity contribution in [2.45, 2.75) is 0 Å². The van der Waals surface area contributed by atoms with Crippen LogP contribution in [-0.4, -0.2) is 53.8 Å². The maximum Gasteiger partial charge on any atom is 0.260 e. The average Bonchev–Trinajstić information content (AvgIpc) is 2.79. The van der Waals surface area contributed by atoms with Gasteiger partial charge in [0.05, 0.1) is 5.69 Å². The number of benzene rings is 2. The summed E-state index contributed by atoms with van der Waals surface area (Å²) in [7, 11) is 0. The van der Waals surface area contributed by atoms with E-state index < -0.39 is 0 Å². The highest BCUT2D eigenvalue weighted by atomic mass is 19.1. The topological polar surface area (TPSA) is 58.6 Å². The lowest BCUT2D eigenvalue weighted by Gasteiger charge is -2.35. The molecule has 0 saturated carbocycles. The van der Waals surface area contributed by atoms with Gasteiger partial charge in [-0.05, 0) is 48.5 Å². The Morgan fingerprint density at radius 2 is 1.62 bits per heavy atom. The molecule has 1 fully saturated rings. The Morgan fingerprint density at radius 3 is 2.28 bits per heavy atom. The maximum absolute atomic E-state index is 13.1. The molecule has 4 rings (SSSR count). The molecule has 0 aliphatic carbocycles. The fraction of sp³-hybridized carbons (Fsp3) is 0.227. The summed E-state index contributed by atoms with van der Waals surface area (Å²) in [6, 6.07) is 19.3. The molecular formula is C22H21FN4O2. The third-order valence-electron chi connectivity index (χ3n) is 4.85. The van der Waals surface area contributed by atoms with Gasteiger partial charge in [0.25, 0.3) is 5.91 Å². The van der Waals surface area contributed by atoms with Crippen molar-refractivity contribution < 1.29 is 13.9 Å². The second-order valence-corrected chi connectivity index (χ2v) is 6.75. The quantitative estimate of drug-likeness (QED) is 0.668. The number of hydrogen-bond donors (Lipinski definition) is 0. The number of amides is 1. The number of piperazine rings is 1. The van der Waals surface area contributed by atoms with Crippen LogP contribution in [0.5, 0.6) is 5.75 Å². The average molecular weight is 392 g/mol. The molecule has 1 aromatic heterocycles. The number of ether oxygens (including phenoxy) is 1. The standard InChI is InChI=1S/C22H21FN4O2/c23-18-8-6-17(7-9-18)20-10-11-21(25-24-20)26-12-14-27(15-13-26)22(28)16-29-19-4-2-1-3-5-19/h1-11H,12-16H2. The third kappa shape index (κ3) is 4.68. The molecule has 0 spiro atoms. The van der Waals surface area contributed by atoms with Crippen molar-refractivity contribution in [2.75, 3.05) is 37.7 Å². The van der Waals surface area contributed by atoms with Crippen molar-refractivity contribution in [3.05, 3.63) is 72.5 Å². The second kappa shape index (κ2) is 8.68. The van der Waals surface area contributed by atoms with Crippen LogP contribution in [0.1, 0.15) is 0 Å². The zero-order valence-corrected chi connectivity index (χ0v) is 15.9. The summed E-state index contributed by atoms with van der Waals surface area (Å²) >= 11 is 0. The SMILES string of the molecule is O=C(COc1ccccc1)N1CCN(c2ccc(-c3ccc(F)cc3)nn2)CC1. The molecule has 3 aromatic rings. The first-order chi connectivity index (χ1) is 14.2. The lowest BCUT2D eigenvalue weighted by atomic mass is 10.1. The lowest BCUT2D eigenvalue weighted by Crippen LogP contribution is -2.50. The molecule has 0 bridgehead atoms. The van der Waals surface area contributed by atoms with Gasteiger partial charge in [-0.1, -0.05) is 18.2 Å². The smallest absolute Gasteiger partial charge is 0.260 e. The number of hydrogen-bond acceptors (Lipinski definition) is 5. The van der Waals surface area contributed by atoms with E-state index >= 15 is 0 Å². The van der Waals surface area contributed by atoms with Crippen molar-refractivity contribution >= 4 is 11.7 Å². The summed E-state index contributed by atoms with van der Waals surface area (Å²) in [5.74, 6) is 1.16. The molecule has 1 aliphatic rings. The van der Waals surface area contributed by atoms with Gasteiger partial charge in [0.15, 0.2) is 12.4 Å². The summed E-state index contributed by atoms with van der Waals surface area (Å²) in [5, 5.41) is 8.56. The first kappa shape index (κ1) is 18.9. The molecule has 0 atom stereocenters. The summed E-state index contributed by atoms with van der Waals surface area (Å²) in [6.45, 7) is 2.62. The molecule has 1 saturated heterocycles. The molecule has 1 aliphatic heterocycles. The van der Waals surface area contributed by atoms with Gasteiger partial charge in [-0.15, -0.1) is 10.2 Å². The van der Waals surface area contributed by atoms with Gasteiger partial charge in [0.2, 0.25) is 0 Å². The second-order valence-electron chi connectivity index (χ2n) is 6.75. The fourth-order valence-corrected chi connectivity index (χ4v) is 3.21. The highest BCUT2D eigenvalue weighted by Gasteiger charge is 2.22. The number of para-hydroxylation sites is 1. The molecule has 2 aromatic carbocycles. The van der Waals surface area contributed by atoms with Crippen molar-refractivity contribution in [3.63, 3.8) is 0 Å². The van der Waals surface area contributed by atoms with Gasteiger partial charge in [0.1, 0.15) is 11.6 Å². The van der Waals surface area contributed by atoms with E-state index in [1.54, 1.807) is 17.0 Å². The number of nitrogens with zero attached hydrogens (tertiary/aromatic N) is 4. The van der Waals surface area contributed by atoms with E-state index in [4.69, 9.17) is 4.74 Å². The van der Waals surface area contributed by atoms with Crippen molar-refractivity contribution in [1.82, 2.24) is 15.1 Å². The van der Waals surface area contributed by atoms with Gasteiger partial charge in [0, 0.05) is 31.7 Å². The predicted octanol–water partition coefficient (Wildman–Crippen LogP) is 3.01. The van der Waals surface area contributed by atoms with E-state index in [1.807, 2.05) is 42.5 Å². The summed E-state index contributed by atoms with van der Waals surface area (Å²) in [5.41, 5.74) is 1.51. The minimum atomic E-state index is -0.278. The molecule has 6 nitrogen and oxygen atoms in total. The fourth-order valence-electron chi connectivity index (χ4n) is 3.21. The van der Waals surface area contributed by atoms with Crippen LogP contribution in [0.15, 0.2) is 66.7 Å². The highest BCUT2D eigenvalue weighted by molar-refractivity contribution is 5.78. The summed E-state index contributed by atoms with van der Waals surface area (Å²) in [4.78, 5) is 16.3. The highest BCUT2D eigenvalue weighted by Crippen LogP contribution is 2.20. The Labute approximate surface area is 168 Å². The van der Waals surface area contributed by atoms with Gasteiger partial charge in [-0.2, -0.15) is 0 Å². The van der Waals surface area contributed by atoms with E-state index in [9.17, 15) is 9.18 Å². The van der Waals surface area contributed by atoms with E-state index in [2.05, 4.69) is 15.1 Å². The molecule has 0 radical (unpaired) electrons. The molecule has 2 heterocycles. The number of carbonyl (C=O) groups is 1. The Kier molecular flexibility index (Phi) is 5.65. The number of anilines is 1. The summed E-state index contributed by atoms with van der Waals surface area (Å²) < 4.78 is 18.6. The zero-order valence-electron chi connectivity index (χ0n) is 15.9. The zero-order chi connectivity index (χ0) is 20.1. The van der Waals surface area contributed by atoms with E-state index in [0.717, 1.165) is 11.4 Å². The number of rotatable bonds is 5. The molecule has 148 valence electrons. The molecule has 29 heavy (non-hydrogen) atoms. The van der Waals surface area contributed by atoms with Gasteiger partial charge >= 0.3 is 0 Å². The summed E-state index contributed by atoms with van der Waals surface area (Å²) in [6.07, 6.45) is 0. The van der Waals surface area contributed by atoms with Crippen LogP contribution in [-0.2, 0) is 4.79 Å². The van der Waals surface area contributed by atoms with Gasteiger partial charge in [-0.25, -0.2) is 4.39 Å². The molecule has 0 unspecified atom stereocenters. The Morgan fingerprint density at radius 1 is 0.897 bits per heavy atom. The van der Waals surface area contributed by atoms with Crippen LogP contribution < -0.4 is 9.64 Å². The minimum Gasteiger partial charge on any atom is -0.484 e. The van der Waals surface area contributed by atoms with Crippen LogP contribution in [0.2, 0.25) is 0 Å². The van der Waals surface area contributed by atoms with Crippen LogP contribution in [0.3, 0.4) is 0 Å². The lowest BCUT2D eigenvalue weighted by molar-refractivity contribution is -0.133. The monoisotopic (exact) mass is 392 g/mol. The molecule has 7 heteroatoms. The molecule has 0 N–H and O–H groups in total. The van der Waals surface area contributed by atoms with Crippen LogP contribution >= 0.6 is 0 Å². The van der Waals surface area contributed by atoms with E-state index in [1.165, 1.54) is 12.1 Å². The molecular weight excluding hydrogens is 371 g/mol. The Balaban J connectivity index is 1.30. The van der Waals surface area contributed by atoms with Crippen LogP contribution in [0.25, 0.3) is 11.3 Å². The number of aromatic nitrogens is 2. The van der Waals surface area contributed by atoms with Crippen LogP contribution in [0, 0.1) is 5.82 Å². The van der Waals surface area contributed by atoms with E-state index in [0.29, 0.717) is 37.6 Å². The van der Waals surface area contributed by atoms with Gasteiger partial charge < -0.3 is 14.5 Å².